The molecule has 0 spiro atoms. The van der Waals surface area contributed by atoms with Gasteiger partial charge in [-0.05, 0) is 19.3 Å². The van der Waals surface area contributed by atoms with Crippen LogP contribution in [0.2, 0.25) is 0 Å². The van der Waals surface area contributed by atoms with Crippen LogP contribution in [0.25, 0.3) is 0 Å². The minimum Gasteiger partial charge on any atom is -0.790 e. The molecule has 0 aliphatic carbocycles. The van der Waals surface area contributed by atoms with E-state index in [1.54, 1.807) is 6.92 Å². The summed E-state index contributed by atoms with van der Waals surface area (Å²) in [6, 6.07) is 0. The Morgan fingerprint density at radius 3 is 1.44 bits per heavy atom. The minimum atomic E-state index is -5.25. The number of hydrogen-bond donors (Lipinski definition) is 0. The summed E-state index contributed by atoms with van der Waals surface area (Å²) in [6.45, 7) is 2.80. The quantitative estimate of drug-likeness (QED) is 0.0454. The van der Waals surface area contributed by atoms with Gasteiger partial charge in [0.2, 0.25) is 0 Å². The average molecular weight is 697 g/mol. The molecule has 0 saturated heterocycles. The maximum atomic E-state index is 12.2. The number of unbranched alkanes of at least 4 members (excludes halogenated alkanes) is 19. The average Bonchev–Trinajstić information content (AvgIpc) is 2.95. The van der Waals surface area contributed by atoms with Crippen LogP contribution in [-0.2, 0) is 32.9 Å². The SMILES string of the molecule is CCCCCCCCCCCCC(=O)O[C@@H](COC(=O)CCCCCCCCCCCCCSC(C)=O)COP(=O)([O-])[O-].[Na+].[Na+]. The minimum absolute atomic E-state index is 0. The van der Waals surface area contributed by atoms with Crippen molar-refractivity contribution in [1.29, 1.82) is 0 Å². The van der Waals surface area contributed by atoms with Gasteiger partial charge in [-0.2, -0.15) is 0 Å². The standard InChI is InChI=1S/C32H61O9PS.2Na/c1-3-4-5-6-7-8-12-16-19-22-25-32(35)41-30(28-40-42(36,37)38)27-39-31(34)24-21-18-15-13-10-9-11-14-17-20-23-26-43-29(2)33;;/h30H,3-28H2,1-2H3,(H2,36,37,38);;/q;2*+1/p-2/t30-;;/m0../s1. The first kappa shape index (κ1) is 50.4. The first-order valence-corrected chi connectivity index (χ1v) is 19.2. The summed E-state index contributed by atoms with van der Waals surface area (Å²) in [5.74, 6) is -0.0545. The largest absolute Gasteiger partial charge is 1.00 e. The molecule has 0 aromatic heterocycles. The molecule has 0 radical (unpaired) electrons. The summed E-state index contributed by atoms with van der Waals surface area (Å²) in [5, 5.41) is 0.195. The molecule has 0 bridgehead atoms. The summed E-state index contributed by atoms with van der Waals surface area (Å²) in [7, 11) is -5.25. The van der Waals surface area contributed by atoms with E-state index in [2.05, 4.69) is 11.4 Å². The molecule has 0 fully saturated rings. The summed E-state index contributed by atoms with van der Waals surface area (Å²) >= 11 is 1.41. The maximum absolute atomic E-state index is 12.2. The van der Waals surface area contributed by atoms with Gasteiger partial charge in [0, 0.05) is 25.5 Å². The van der Waals surface area contributed by atoms with Crippen molar-refractivity contribution in [1.82, 2.24) is 0 Å². The predicted molar refractivity (Wildman–Crippen MR) is 169 cm³/mol. The van der Waals surface area contributed by atoms with E-state index in [0.29, 0.717) is 12.8 Å². The molecule has 0 aliphatic rings. The summed E-state index contributed by atoms with van der Waals surface area (Å²) < 4.78 is 25.6. The summed E-state index contributed by atoms with van der Waals surface area (Å²) in [5.41, 5.74) is 0. The van der Waals surface area contributed by atoms with E-state index in [4.69, 9.17) is 9.47 Å². The fraction of sp³-hybridized carbons (Fsp3) is 0.906. The predicted octanol–water partition coefficient (Wildman–Crippen LogP) is 1.57. The van der Waals surface area contributed by atoms with E-state index in [1.807, 2.05) is 0 Å². The number of ether oxygens (including phenoxy) is 2. The number of thioether (sulfide) groups is 1. The van der Waals surface area contributed by atoms with Crippen LogP contribution in [0.5, 0.6) is 0 Å². The van der Waals surface area contributed by atoms with Gasteiger partial charge in [0.25, 0.3) is 0 Å². The van der Waals surface area contributed by atoms with Gasteiger partial charge in [0.05, 0.1) is 14.4 Å². The van der Waals surface area contributed by atoms with Gasteiger partial charge in [-0.25, -0.2) is 0 Å². The number of phosphoric acid groups is 1. The third kappa shape index (κ3) is 41.2. The van der Waals surface area contributed by atoms with E-state index in [1.165, 1.54) is 88.8 Å². The maximum Gasteiger partial charge on any atom is 1.00 e. The van der Waals surface area contributed by atoms with Crippen LogP contribution in [0.4, 0.5) is 0 Å². The van der Waals surface area contributed by atoms with Gasteiger partial charge in [0.15, 0.2) is 11.2 Å². The van der Waals surface area contributed by atoms with E-state index in [9.17, 15) is 28.7 Å². The van der Waals surface area contributed by atoms with Crippen molar-refractivity contribution in [3.8, 4) is 0 Å². The van der Waals surface area contributed by atoms with Crippen molar-refractivity contribution >= 4 is 36.6 Å². The van der Waals surface area contributed by atoms with Crippen molar-refractivity contribution in [3.05, 3.63) is 0 Å². The molecule has 0 unspecified atom stereocenters. The molecule has 0 rings (SSSR count). The monoisotopic (exact) mass is 696 g/mol. The number of carbonyl (C=O) groups is 3. The van der Waals surface area contributed by atoms with Crippen LogP contribution in [-0.4, -0.2) is 42.1 Å². The zero-order valence-corrected chi connectivity index (χ0v) is 34.7. The normalized spacial score (nSPS) is 11.7. The van der Waals surface area contributed by atoms with Gasteiger partial charge < -0.3 is 28.3 Å². The first-order valence-electron chi connectivity index (χ1n) is 16.8. The molecule has 0 N–H and O–H groups in total. The molecule has 0 heterocycles. The molecule has 0 aromatic rings. The fourth-order valence-corrected chi connectivity index (χ4v) is 5.71. The van der Waals surface area contributed by atoms with Gasteiger partial charge in [-0.15, -0.1) is 0 Å². The second-order valence-corrected chi connectivity index (χ2v) is 13.9. The van der Waals surface area contributed by atoms with Crippen molar-refractivity contribution < 1.29 is 102 Å². The Morgan fingerprint density at radius 1 is 0.622 bits per heavy atom. The van der Waals surface area contributed by atoms with Gasteiger partial charge in [0.1, 0.15) is 6.61 Å². The fourth-order valence-electron chi connectivity index (χ4n) is 4.73. The van der Waals surface area contributed by atoms with Crippen molar-refractivity contribution in [3.63, 3.8) is 0 Å². The Bertz CT molecular complexity index is 756. The zero-order chi connectivity index (χ0) is 32.0. The summed E-state index contributed by atoms with van der Waals surface area (Å²) in [4.78, 5) is 57.0. The molecule has 1 atom stereocenters. The van der Waals surface area contributed by atoms with Crippen LogP contribution in [0, 0.1) is 0 Å². The first-order chi connectivity index (χ1) is 20.6. The van der Waals surface area contributed by atoms with E-state index in [-0.39, 0.29) is 83.7 Å². The van der Waals surface area contributed by atoms with E-state index < -0.39 is 32.5 Å². The molecule has 0 amide bonds. The molecule has 45 heavy (non-hydrogen) atoms. The third-order valence-electron chi connectivity index (χ3n) is 7.21. The number of rotatable bonds is 31. The van der Waals surface area contributed by atoms with Crippen LogP contribution < -0.4 is 68.9 Å². The molecule has 0 aliphatic heterocycles. The Labute approximate surface area is 322 Å². The molecule has 0 aromatic carbocycles. The number of hydrogen-bond acceptors (Lipinski definition) is 10. The second-order valence-electron chi connectivity index (χ2n) is 11.4. The topological polar surface area (TPSA) is 142 Å². The van der Waals surface area contributed by atoms with E-state index in [0.717, 1.165) is 50.7 Å². The second kappa shape index (κ2) is 36.4. The van der Waals surface area contributed by atoms with E-state index >= 15 is 0 Å². The van der Waals surface area contributed by atoms with Crippen molar-refractivity contribution in [2.24, 2.45) is 0 Å². The number of esters is 2. The number of carbonyl (C=O) groups excluding carboxylic acids is 3. The van der Waals surface area contributed by atoms with Gasteiger partial charge in [-0.1, -0.05) is 134 Å². The number of phosphoric ester groups is 1. The van der Waals surface area contributed by atoms with Crippen LogP contribution in [0.1, 0.15) is 162 Å². The molecule has 0 saturated carbocycles. The third-order valence-corrected chi connectivity index (χ3v) is 8.58. The summed E-state index contributed by atoms with van der Waals surface area (Å²) in [6.07, 6.45) is 22.7. The van der Waals surface area contributed by atoms with Crippen LogP contribution in [0.15, 0.2) is 0 Å². The molecular weight excluding hydrogens is 637 g/mol. The van der Waals surface area contributed by atoms with Crippen LogP contribution in [0.3, 0.4) is 0 Å². The Balaban J connectivity index is -0.00000882. The molecule has 254 valence electrons. The van der Waals surface area contributed by atoms with Crippen LogP contribution >= 0.6 is 19.6 Å². The zero-order valence-electron chi connectivity index (χ0n) is 29.0. The molecule has 13 heteroatoms. The van der Waals surface area contributed by atoms with Crippen molar-refractivity contribution in [2.75, 3.05) is 19.0 Å². The van der Waals surface area contributed by atoms with Gasteiger partial charge >= 0.3 is 71.1 Å². The van der Waals surface area contributed by atoms with Crippen molar-refractivity contribution in [2.45, 2.75) is 168 Å². The Kier molecular flexibility index (Phi) is 40.8. The molecular formula is C32H59Na2O9PS. The smallest absolute Gasteiger partial charge is 0.790 e. The Hall–Kier alpha value is 1.07. The van der Waals surface area contributed by atoms with Gasteiger partial charge in [-0.3, -0.25) is 14.4 Å². The molecule has 9 nitrogen and oxygen atoms in total. The Morgan fingerprint density at radius 2 is 1.02 bits per heavy atom.